The van der Waals surface area contributed by atoms with Gasteiger partial charge in [-0.25, -0.2) is 4.79 Å². The molecule has 0 aromatic heterocycles. The lowest BCUT2D eigenvalue weighted by atomic mass is 10.2. The maximum absolute atomic E-state index is 11.0. The highest BCUT2D eigenvalue weighted by Gasteiger charge is 2.06. The average Bonchev–Trinajstić information content (AvgIpc) is 2.21. The lowest BCUT2D eigenvalue weighted by Gasteiger charge is -2.04. The van der Waals surface area contributed by atoms with Crippen LogP contribution in [0.1, 0.15) is 26.7 Å². The first-order valence-corrected chi connectivity index (χ1v) is 4.81. The van der Waals surface area contributed by atoms with Crippen molar-refractivity contribution in [2.75, 3.05) is 19.8 Å². The van der Waals surface area contributed by atoms with Gasteiger partial charge < -0.3 is 4.74 Å². The van der Waals surface area contributed by atoms with Gasteiger partial charge in [0.15, 0.2) is 0 Å². The Bertz CT molecular complexity index is 177. The van der Waals surface area contributed by atoms with Crippen molar-refractivity contribution in [1.82, 2.24) is 0 Å². The molecule has 0 aromatic carbocycles. The van der Waals surface area contributed by atoms with E-state index in [0.717, 1.165) is 6.42 Å². The van der Waals surface area contributed by atoms with Crippen LogP contribution in [0.4, 0.5) is 0 Å². The molecule has 0 atom stereocenters. The Kier molecular flexibility index (Phi) is 8.17. The van der Waals surface area contributed by atoms with Crippen LogP contribution in [0.5, 0.6) is 0 Å². The molecule has 0 aromatic rings. The summed E-state index contributed by atoms with van der Waals surface area (Å²) in [5.41, 5.74) is 0.402. The van der Waals surface area contributed by atoms with Gasteiger partial charge in [-0.2, -0.15) is 4.89 Å². The third-order valence-corrected chi connectivity index (χ3v) is 1.51. The zero-order chi connectivity index (χ0) is 10.8. The number of hydrogen-bond acceptors (Lipinski definition) is 4. The van der Waals surface area contributed by atoms with Crippen LogP contribution >= 0.6 is 0 Å². The van der Waals surface area contributed by atoms with Gasteiger partial charge in [-0.3, -0.25) is 4.89 Å². The quantitative estimate of drug-likeness (QED) is 0.261. The van der Waals surface area contributed by atoms with Gasteiger partial charge in [0.2, 0.25) is 0 Å². The summed E-state index contributed by atoms with van der Waals surface area (Å²) in [6, 6.07) is 0. The SMILES string of the molecule is C=C(CC)C(=O)OOCCOCCC. The van der Waals surface area contributed by atoms with Gasteiger partial charge in [-0.05, 0) is 12.8 Å². The fourth-order valence-electron chi connectivity index (χ4n) is 0.638. The third-order valence-electron chi connectivity index (χ3n) is 1.51. The van der Waals surface area contributed by atoms with Crippen LogP contribution in [0, 0.1) is 0 Å². The van der Waals surface area contributed by atoms with E-state index in [0.29, 0.717) is 25.2 Å². The van der Waals surface area contributed by atoms with Crippen LogP contribution in [0.3, 0.4) is 0 Å². The van der Waals surface area contributed by atoms with Crippen LogP contribution in [0.15, 0.2) is 12.2 Å². The van der Waals surface area contributed by atoms with Crippen molar-refractivity contribution in [3.05, 3.63) is 12.2 Å². The summed E-state index contributed by atoms with van der Waals surface area (Å²) < 4.78 is 5.11. The number of carbonyl (C=O) groups excluding carboxylic acids is 1. The second kappa shape index (κ2) is 8.72. The minimum absolute atomic E-state index is 0.253. The lowest BCUT2D eigenvalue weighted by molar-refractivity contribution is -0.272. The average molecular weight is 202 g/mol. The van der Waals surface area contributed by atoms with E-state index in [-0.39, 0.29) is 6.61 Å². The molecular weight excluding hydrogens is 184 g/mol. The van der Waals surface area contributed by atoms with Crippen LogP contribution in [0.25, 0.3) is 0 Å². The van der Waals surface area contributed by atoms with Crippen LogP contribution in [-0.2, 0) is 19.3 Å². The number of hydrogen-bond donors (Lipinski definition) is 0. The molecule has 0 unspecified atom stereocenters. The van der Waals surface area contributed by atoms with Crippen LogP contribution in [0.2, 0.25) is 0 Å². The molecule has 0 saturated carbocycles. The van der Waals surface area contributed by atoms with Crippen molar-refractivity contribution in [3.8, 4) is 0 Å². The lowest BCUT2D eigenvalue weighted by Crippen LogP contribution is -2.11. The fourth-order valence-corrected chi connectivity index (χ4v) is 0.638. The van der Waals surface area contributed by atoms with E-state index in [1.165, 1.54) is 0 Å². The number of carbonyl (C=O) groups is 1. The first kappa shape index (κ1) is 13.1. The first-order chi connectivity index (χ1) is 6.72. The zero-order valence-electron chi connectivity index (χ0n) is 8.88. The van der Waals surface area contributed by atoms with E-state index in [9.17, 15) is 4.79 Å². The fraction of sp³-hybridized carbons (Fsp3) is 0.700. The highest BCUT2D eigenvalue weighted by Crippen LogP contribution is 1.99. The molecule has 0 aliphatic carbocycles. The highest BCUT2D eigenvalue weighted by molar-refractivity contribution is 5.87. The Morgan fingerprint density at radius 2 is 1.93 bits per heavy atom. The Hall–Kier alpha value is -0.870. The monoisotopic (exact) mass is 202 g/mol. The van der Waals surface area contributed by atoms with Gasteiger partial charge in [0.05, 0.1) is 6.61 Å². The molecular formula is C10H18O4. The summed E-state index contributed by atoms with van der Waals surface area (Å²) in [6.07, 6.45) is 1.53. The standard InChI is InChI=1S/C10H18O4/c1-4-6-12-7-8-13-14-10(11)9(3)5-2/h3-8H2,1-2H3. The van der Waals surface area contributed by atoms with E-state index in [1.807, 2.05) is 13.8 Å². The molecule has 0 bridgehead atoms. The predicted octanol–water partition coefficient (Wildman–Crippen LogP) is 1.85. The van der Waals surface area contributed by atoms with Crippen molar-refractivity contribution < 1.29 is 19.3 Å². The van der Waals surface area contributed by atoms with Crippen LogP contribution in [-0.4, -0.2) is 25.8 Å². The molecule has 82 valence electrons. The van der Waals surface area contributed by atoms with Gasteiger partial charge >= 0.3 is 5.97 Å². The van der Waals surface area contributed by atoms with Crippen molar-refractivity contribution in [2.24, 2.45) is 0 Å². The normalized spacial score (nSPS) is 9.86. The maximum Gasteiger partial charge on any atom is 0.368 e. The number of rotatable bonds is 8. The molecule has 0 radical (unpaired) electrons. The van der Waals surface area contributed by atoms with E-state index in [4.69, 9.17) is 4.74 Å². The summed E-state index contributed by atoms with van der Waals surface area (Å²) in [6.45, 7) is 8.74. The molecule has 0 N–H and O–H groups in total. The maximum atomic E-state index is 11.0. The Balaban J connectivity index is 3.27. The van der Waals surface area contributed by atoms with Crippen molar-refractivity contribution >= 4 is 5.97 Å². The van der Waals surface area contributed by atoms with Gasteiger partial charge in [0.25, 0.3) is 0 Å². The number of ether oxygens (including phenoxy) is 1. The van der Waals surface area contributed by atoms with E-state index in [2.05, 4.69) is 16.4 Å². The topological polar surface area (TPSA) is 44.8 Å². The molecule has 0 aliphatic heterocycles. The molecule has 0 spiro atoms. The molecule has 0 heterocycles. The van der Waals surface area contributed by atoms with E-state index < -0.39 is 5.97 Å². The molecule has 4 nitrogen and oxygen atoms in total. The van der Waals surface area contributed by atoms with Gasteiger partial charge in [0.1, 0.15) is 6.61 Å². The van der Waals surface area contributed by atoms with Gasteiger partial charge in [0, 0.05) is 12.2 Å². The molecule has 0 saturated heterocycles. The zero-order valence-corrected chi connectivity index (χ0v) is 8.88. The van der Waals surface area contributed by atoms with Gasteiger partial charge in [-0.1, -0.05) is 20.4 Å². The summed E-state index contributed by atoms with van der Waals surface area (Å²) in [7, 11) is 0. The second-order valence-electron chi connectivity index (χ2n) is 2.76. The highest BCUT2D eigenvalue weighted by atomic mass is 17.2. The minimum Gasteiger partial charge on any atom is -0.379 e. The van der Waals surface area contributed by atoms with E-state index >= 15 is 0 Å². The third kappa shape index (κ3) is 6.62. The van der Waals surface area contributed by atoms with Crippen molar-refractivity contribution in [2.45, 2.75) is 26.7 Å². The first-order valence-electron chi connectivity index (χ1n) is 4.81. The summed E-state index contributed by atoms with van der Waals surface area (Å²) in [5.74, 6) is -0.511. The van der Waals surface area contributed by atoms with E-state index in [1.54, 1.807) is 0 Å². The van der Waals surface area contributed by atoms with Crippen molar-refractivity contribution in [1.29, 1.82) is 0 Å². The summed E-state index contributed by atoms with van der Waals surface area (Å²) >= 11 is 0. The second-order valence-corrected chi connectivity index (χ2v) is 2.76. The molecule has 0 rings (SSSR count). The molecule has 14 heavy (non-hydrogen) atoms. The molecule has 0 fully saturated rings. The minimum atomic E-state index is -0.511. The smallest absolute Gasteiger partial charge is 0.368 e. The Labute approximate surface area is 84.8 Å². The Morgan fingerprint density at radius 1 is 1.21 bits per heavy atom. The Morgan fingerprint density at radius 3 is 2.50 bits per heavy atom. The van der Waals surface area contributed by atoms with Crippen molar-refractivity contribution in [3.63, 3.8) is 0 Å². The largest absolute Gasteiger partial charge is 0.379 e. The summed E-state index contributed by atoms with van der Waals surface area (Å²) in [5, 5.41) is 0. The molecule has 0 amide bonds. The predicted molar refractivity (Wildman–Crippen MR) is 52.6 cm³/mol. The molecule has 0 aliphatic rings. The van der Waals surface area contributed by atoms with Crippen LogP contribution < -0.4 is 0 Å². The molecule has 4 heteroatoms. The summed E-state index contributed by atoms with van der Waals surface area (Å²) in [4.78, 5) is 20.1. The van der Waals surface area contributed by atoms with Gasteiger partial charge in [-0.15, -0.1) is 0 Å².